The van der Waals surface area contributed by atoms with Gasteiger partial charge in [0.25, 0.3) is 0 Å². The average Bonchev–Trinajstić information content (AvgIpc) is 2.88. The third-order valence-corrected chi connectivity index (χ3v) is 5.59. The van der Waals surface area contributed by atoms with Crippen LogP contribution in [0.2, 0.25) is 0 Å². The van der Waals surface area contributed by atoms with E-state index in [0.29, 0.717) is 10.6 Å². The van der Waals surface area contributed by atoms with E-state index in [1.54, 1.807) is 4.57 Å². The van der Waals surface area contributed by atoms with Gasteiger partial charge in [-0.25, -0.2) is 0 Å². The zero-order valence-electron chi connectivity index (χ0n) is 15.6. The van der Waals surface area contributed by atoms with Gasteiger partial charge < -0.3 is 24.3 Å². The summed E-state index contributed by atoms with van der Waals surface area (Å²) in [6.45, 7) is 8.40. The Hall–Kier alpha value is -1.31. The summed E-state index contributed by atoms with van der Waals surface area (Å²) in [4.78, 5) is 0. The molecule has 5 nitrogen and oxygen atoms in total. The van der Waals surface area contributed by atoms with E-state index in [1.165, 1.54) is 0 Å². The lowest BCUT2D eigenvalue weighted by Gasteiger charge is -2.21. The number of pyridine rings is 1. The molecule has 0 radical (unpaired) electrons. The van der Waals surface area contributed by atoms with Crippen LogP contribution in [0.15, 0.2) is 30.5 Å². The number of hydrogen-bond acceptors (Lipinski definition) is 5. The maximum absolute atomic E-state index is 10.5. The van der Waals surface area contributed by atoms with Crippen LogP contribution in [0.25, 0.3) is 10.8 Å². The number of hydrogen-bond donors (Lipinski definition) is 2. The summed E-state index contributed by atoms with van der Waals surface area (Å²) in [6.07, 6.45) is -1.54. The summed E-state index contributed by atoms with van der Waals surface area (Å²) in [5, 5.41) is 22.8. The van der Waals surface area contributed by atoms with Crippen molar-refractivity contribution in [1.29, 1.82) is 0 Å². The molecule has 1 saturated heterocycles. The highest BCUT2D eigenvalue weighted by atomic mass is 32.1. The van der Waals surface area contributed by atoms with Crippen LogP contribution in [0.3, 0.4) is 0 Å². The van der Waals surface area contributed by atoms with E-state index in [2.05, 4.69) is 19.9 Å². The molecule has 26 heavy (non-hydrogen) atoms. The van der Waals surface area contributed by atoms with Gasteiger partial charge in [-0.2, -0.15) is 0 Å². The van der Waals surface area contributed by atoms with Gasteiger partial charge in [0.15, 0.2) is 6.23 Å². The molecule has 1 aromatic carbocycles. The Kier molecular flexibility index (Phi) is 5.79. The summed E-state index contributed by atoms with van der Waals surface area (Å²) in [6, 6.07) is 8.00. The molecule has 1 fully saturated rings. The first kappa shape index (κ1) is 19.5. The molecular weight excluding hydrogens is 350 g/mol. The topological polar surface area (TPSA) is 63.9 Å². The van der Waals surface area contributed by atoms with Gasteiger partial charge in [-0.1, -0.05) is 49.8 Å². The molecule has 6 heteroatoms. The number of aliphatic hydroxyl groups excluding tert-OH is 2. The molecule has 2 heterocycles. The highest BCUT2D eigenvalue weighted by molar-refractivity contribution is 7.71. The van der Waals surface area contributed by atoms with Crippen LogP contribution >= 0.6 is 12.2 Å². The van der Waals surface area contributed by atoms with E-state index in [-0.39, 0.29) is 12.7 Å². The van der Waals surface area contributed by atoms with E-state index in [1.807, 2.05) is 38.2 Å². The lowest BCUT2D eigenvalue weighted by molar-refractivity contribution is -0.0858. The van der Waals surface area contributed by atoms with Crippen LogP contribution in [0, 0.1) is 17.5 Å². The molecular formula is C20H27NO4S. The minimum absolute atomic E-state index is 0.0491. The Morgan fingerprint density at radius 3 is 2.62 bits per heavy atom. The zero-order valence-corrected chi connectivity index (χ0v) is 16.4. The van der Waals surface area contributed by atoms with Crippen LogP contribution in [0.5, 0.6) is 0 Å². The number of ether oxygens (including phenoxy) is 2. The molecule has 0 spiro atoms. The molecule has 0 aliphatic carbocycles. The third kappa shape index (κ3) is 3.70. The van der Waals surface area contributed by atoms with E-state index in [9.17, 15) is 10.2 Å². The fourth-order valence-electron chi connectivity index (χ4n) is 3.12. The fraction of sp³-hybridized carbons (Fsp3) is 0.550. The summed E-state index contributed by atoms with van der Waals surface area (Å²) >= 11 is 5.60. The Morgan fingerprint density at radius 2 is 1.92 bits per heavy atom. The van der Waals surface area contributed by atoms with Gasteiger partial charge >= 0.3 is 0 Å². The summed E-state index contributed by atoms with van der Waals surface area (Å²) in [5.41, 5.74) is 1.16. The maximum Gasteiger partial charge on any atom is 0.163 e. The normalized spacial score (nSPS) is 27.3. The second-order valence-electron chi connectivity index (χ2n) is 7.45. The Balaban J connectivity index is 1.83. The highest BCUT2D eigenvalue weighted by Crippen LogP contribution is 2.31. The van der Waals surface area contributed by atoms with Crippen molar-refractivity contribution in [2.75, 3.05) is 6.61 Å². The van der Waals surface area contributed by atoms with Gasteiger partial charge in [-0.3, -0.25) is 0 Å². The quantitative estimate of drug-likeness (QED) is 0.783. The number of benzene rings is 1. The van der Waals surface area contributed by atoms with E-state index in [0.717, 1.165) is 16.3 Å². The molecule has 0 saturated carbocycles. The standard InChI is InChI=1S/C20H27NO4S/c1-11(2)13(4)24-10-16-17(22)18(23)19(25-16)21-8-7-14-9-12(3)5-6-15(14)20(21)26/h5-9,11,13,16-19,22-23H,10H2,1-4H3/t13?,16-,17?,18?,19-/m1/s1. The van der Waals surface area contributed by atoms with Gasteiger partial charge in [-0.15, -0.1) is 0 Å². The van der Waals surface area contributed by atoms with Crippen LogP contribution in [-0.2, 0) is 9.47 Å². The number of aryl methyl sites for hydroxylation is 1. The van der Waals surface area contributed by atoms with Gasteiger partial charge in [0.2, 0.25) is 0 Å². The smallest absolute Gasteiger partial charge is 0.163 e. The molecule has 1 aliphatic heterocycles. The third-order valence-electron chi connectivity index (χ3n) is 5.16. The summed E-state index contributed by atoms with van der Waals surface area (Å²) < 4.78 is 14.0. The van der Waals surface area contributed by atoms with Gasteiger partial charge in [-0.05, 0) is 31.2 Å². The van der Waals surface area contributed by atoms with Crippen LogP contribution in [-0.4, -0.2) is 45.8 Å². The molecule has 0 amide bonds. The van der Waals surface area contributed by atoms with Crippen molar-refractivity contribution in [3.63, 3.8) is 0 Å². The number of rotatable bonds is 5. The Bertz CT molecular complexity index is 834. The van der Waals surface area contributed by atoms with Gasteiger partial charge in [0, 0.05) is 11.6 Å². The molecule has 2 aromatic rings. The zero-order chi connectivity index (χ0) is 19.0. The second kappa shape index (κ2) is 7.74. The molecule has 1 aromatic heterocycles. The summed E-state index contributed by atoms with van der Waals surface area (Å²) in [5.74, 6) is 0.367. The van der Waals surface area contributed by atoms with Crippen molar-refractivity contribution in [3.05, 3.63) is 40.7 Å². The van der Waals surface area contributed by atoms with Crippen molar-refractivity contribution in [3.8, 4) is 0 Å². The lowest BCUT2D eigenvalue weighted by Crippen LogP contribution is -2.35. The van der Waals surface area contributed by atoms with E-state index in [4.69, 9.17) is 21.7 Å². The fourth-order valence-corrected chi connectivity index (χ4v) is 3.47. The first-order chi connectivity index (χ1) is 12.3. The van der Waals surface area contributed by atoms with Gasteiger partial charge in [0.05, 0.1) is 12.7 Å². The van der Waals surface area contributed by atoms with Crippen molar-refractivity contribution >= 4 is 23.0 Å². The van der Waals surface area contributed by atoms with E-state index >= 15 is 0 Å². The van der Waals surface area contributed by atoms with Gasteiger partial charge in [0.1, 0.15) is 23.0 Å². The van der Waals surface area contributed by atoms with Crippen molar-refractivity contribution in [2.45, 2.75) is 58.3 Å². The van der Waals surface area contributed by atoms with Crippen molar-refractivity contribution < 1.29 is 19.7 Å². The summed E-state index contributed by atoms with van der Waals surface area (Å²) in [7, 11) is 0. The second-order valence-corrected chi connectivity index (χ2v) is 7.83. The minimum Gasteiger partial charge on any atom is -0.387 e. The molecule has 1 aliphatic rings. The first-order valence-corrected chi connectivity index (χ1v) is 9.45. The Labute approximate surface area is 159 Å². The predicted molar refractivity (Wildman–Crippen MR) is 104 cm³/mol. The first-order valence-electron chi connectivity index (χ1n) is 9.04. The van der Waals surface area contributed by atoms with Crippen LogP contribution in [0.4, 0.5) is 0 Å². The monoisotopic (exact) mass is 377 g/mol. The minimum atomic E-state index is -1.06. The molecule has 3 rings (SSSR count). The molecule has 5 atom stereocenters. The lowest BCUT2D eigenvalue weighted by atomic mass is 10.1. The number of nitrogens with zero attached hydrogens (tertiary/aromatic N) is 1. The number of aromatic nitrogens is 1. The number of aliphatic hydroxyl groups is 2. The molecule has 3 unspecified atom stereocenters. The molecule has 2 N–H and O–H groups in total. The van der Waals surface area contributed by atoms with Crippen LogP contribution in [0.1, 0.15) is 32.6 Å². The highest BCUT2D eigenvalue weighted by Gasteiger charge is 2.44. The SMILES string of the molecule is Cc1ccc2c(=S)n([C@@H]3O[C@H](COC(C)C(C)C)C(O)C3O)ccc2c1. The number of fused-ring (bicyclic) bond motifs is 1. The largest absolute Gasteiger partial charge is 0.387 e. The average molecular weight is 378 g/mol. The predicted octanol–water partition coefficient (Wildman–Crippen LogP) is 3.36. The van der Waals surface area contributed by atoms with Crippen molar-refractivity contribution in [1.82, 2.24) is 4.57 Å². The molecule has 0 bridgehead atoms. The molecule has 142 valence electrons. The van der Waals surface area contributed by atoms with Crippen molar-refractivity contribution in [2.24, 2.45) is 5.92 Å². The van der Waals surface area contributed by atoms with E-state index < -0.39 is 24.5 Å². The maximum atomic E-state index is 10.5. The van der Waals surface area contributed by atoms with Crippen LogP contribution < -0.4 is 0 Å². The Morgan fingerprint density at radius 1 is 1.19 bits per heavy atom.